The number of hydrogen-bond acceptors (Lipinski definition) is 1. The first-order valence-electron chi connectivity index (χ1n) is 10.7. The Labute approximate surface area is 187 Å². The Hall–Kier alpha value is -1.41. The fourth-order valence-electron chi connectivity index (χ4n) is 4.63. The van der Waals surface area contributed by atoms with Gasteiger partial charge in [0.1, 0.15) is 0 Å². The lowest BCUT2D eigenvalue weighted by molar-refractivity contribution is 0.828. The van der Waals surface area contributed by atoms with Crippen LogP contribution in [0.2, 0.25) is 0 Å². The van der Waals surface area contributed by atoms with Gasteiger partial charge in [0, 0.05) is 6.04 Å². The molecule has 158 valence electrons. The molecule has 2 heteroatoms. The first-order chi connectivity index (χ1) is 13.3. The van der Waals surface area contributed by atoms with Crippen LogP contribution in [0.25, 0.3) is 0 Å². The molecule has 0 aromatic heterocycles. The zero-order valence-corrected chi connectivity index (χ0v) is 22.1. The van der Waals surface area contributed by atoms with Crippen LogP contribution < -0.4 is 0 Å². The van der Waals surface area contributed by atoms with Crippen LogP contribution in [0.5, 0.6) is 0 Å². The van der Waals surface area contributed by atoms with Crippen molar-refractivity contribution >= 4 is 20.6 Å². The topological polar surface area (TPSA) is 12.4 Å². The van der Waals surface area contributed by atoms with E-state index >= 15 is 0 Å². The van der Waals surface area contributed by atoms with Gasteiger partial charge in [-0.25, -0.2) is 0 Å². The summed E-state index contributed by atoms with van der Waals surface area (Å²) in [6.45, 7) is 27.0. The predicted molar refractivity (Wildman–Crippen MR) is 134 cm³/mol. The summed E-state index contributed by atoms with van der Waals surface area (Å²) in [5.74, 6) is 0.119. The van der Waals surface area contributed by atoms with Gasteiger partial charge in [-0.05, 0) is 166 Å². The second-order valence-corrected chi connectivity index (χ2v) is 9.87. The zero-order chi connectivity index (χ0) is 22.4. The first-order valence-corrected chi connectivity index (χ1v) is 11.5. The van der Waals surface area contributed by atoms with Gasteiger partial charge in [-0.1, -0.05) is 0 Å². The van der Waals surface area contributed by atoms with E-state index in [-0.39, 0.29) is 12.0 Å². The molecular weight excluding hydrogens is 418 g/mol. The van der Waals surface area contributed by atoms with Gasteiger partial charge >= 0.3 is 0 Å². The van der Waals surface area contributed by atoms with E-state index in [1.807, 2.05) is 0 Å². The summed E-state index contributed by atoms with van der Waals surface area (Å²) in [7, 11) is 0. The quantitative estimate of drug-likeness (QED) is 0.412. The van der Waals surface area contributed by atoms with Crippen molar-refractivity contribution in [1.29, 1.82) is 0 Å². The summed E-state index contributed by atoms with van der Waals surface area (Å²) in [6.07, 6.45) is 0. The smallest absolute Gasteiger partial charge is 0.0896 e. The predicted octanol–water partition coefficient (Wildman–Crippen LogP) is 8.10. The van der Waals surface area contributed by atoms with E-state index in [1.165, 1.54) is 66.8 Å². The standard InChI is InChI=1S/C27H38BrN/c1-13(2)29-27(28)26(24-20(9)16(5)14(3)17(6)21(24)10)25-22(11)18(7)15(4)19(8)23(25)12/h13,26H,1-12H3. The maximum absolute atomic E-state index is 4.99. The second-order valence-electron chi connectivity index (χ2n) is 9.06. The summed E-state index contributed by atoms with van der Waals surface area (Å²) in [5.41, 5.74) is 16.8. The van der Waals surface area contributed by atoms with Crippen molar-refractivity contribution < 1.29 is 0 Å². The van der Waals surface area contributed by atoms with Crippen LogP contribution >= 0.6 is 15.9 Å². The van der Waals surface area contributed by atoms with Gasteiger partial charge in [0.2, 0.25) is 0 Å². The molecule has 0 unspecified atom stereocenters. The van der Waals surface area contributed by atoms with Crippen LogP contribution in [-0.4, -0.2) is 10.7 Å². The third-order valence-corrected chi connectivity index (χ3v) is 7.98. The molecule has 0 saturated heterocycles. The average Bonchev–Trinajstić information content (AvgIpc) is 2.66. The van der Waals surface area contributed by atoms with Crippen molar-refractivity contribution in [2.45, 2.75) is 95.0 Å². The highest BCUT2D eigenvalue weighted by Crippen LogP contribution is 2.42. The number of hydrogen-bond donors (Lipinski definition) is 0. The van der Waals surface area contributed by atoms with Crippen molar-refractivity contribution in [2.24, 2.45) is 4.99 Å². The SMILES string of the molecule is Cc1c(C)c(C)c(C(C(Br)=NC(C)C)c2c(C)c(C)c(C)c(C)c2C)c(C)c1C. The molecule has 0 amide bonds. The minimum Gasteiger partial charge on any atom is -0.279 e. The van der Waals surface area contributed by atoms with Crippen LogP contribution in [0.4, 0.5) is 0 Å². The van der Waals surface area contributed by atoms with Crippen molar-refractivity contribution in [3.05, 3.63) is 66.8 Å². The van der Waals surface area contributed by atoms with Crippen molar-refractivity contribution in [3.8, 4) is 0 Å². The maximum Gasteiger partial charge on any atom is 0.0896 e. The summed E-state index contributed by atoms with van der Waals surface area (Å²) in [6, 6.07) is 0.244. The largest absolute Gasteiger partial charge is 0.279 e. The molecule has 0 heterocycles. The van der Waals surface area contributed by atoms with E-state index in [4.69, 9.17) is 4.99 Å². The monoisotopic (exact) mass is 455 g/mol. The van der Waals surface area contributed by atoms with Gasteiger partial charge in [0.15, 0.2) is 0 Å². The zero-order valence-electron chi connectivity index (χ0n) is 20.5. The van der Waals surface area contributed by atoms with Gasteiger partial charge in [0.05, 0.1) is 10.5 Å². The van der Waals surface area contributed by atoms with E-state index in [0.717, 1.165) is 4.62 Å². The second kappa shape index (κ2) is 8.76. The highest BCUT2D eigenvalue weighted by Gasteiger charge is 2.29. The molecule has 0 radical (unpaired) electrons. The number of nitrogens with zero attached hydrogens (tertiary/aromatic N) is 1. The molecule has 2 aromatic rings. The molecule has 0 bridgehead atoms. The minimum absolute atomic E-state index is 0.119. The lowest BCUT2D eigenvalue weighted by atomic mass is 9.76. The molecule has 0 saturated carbocycles. The number of halogens is 1. The number of benzene rings is 2. The summed E-state index contributed by atoms with van der Waals surface area (Å²) in [5, 5.41) is 0. The van der Waals surface area contributed by atoms with E-state index in [1.54, 1.807) is 0 Å². The number of rotatable bonds is 4. The van der Waals surface area contributed by atoms with E-state index in [9.17, 15) is 0 Å². The first kappa shape index (κ1) is 23.9. The Morgan fingerprint density at radius 1 is 0.517 bits per heavy atom. The van der Waals surface area contributed by atoms with Crippen molar-refractivity contribution in [1.82, 2.24) is 0 Å². The van der Waals surface area contributed by atoms with Crippen LogP contribution in [0.1, 0.15) is 86.5 Å². The van der Waals surface area contributed by atoms with Gasteiger partial charge in [-0.15, -0.1) is 0 Å². The van der Waals surface area contributed by atoms with Gasteiger partial charge in [0.25, 0.3) is 0 Å². The van der Waals surface area contributed by atoms with Crippen LogP contribution in [-0.2, 0) is 0 Å². The molecule has 0 fully saturated rings. The Morgan fingerprint density at radius 2 is 0.759 bits per heavy atom. The van der Waals surface area contributed by atoms with Crippen LogP contribution in [0, 0.1) is 69.2 Å². The summed E-state index contributed by atoms with van der Waals surface area (Å²) < 4.78 is 1.04. The minimum atomic E-state index is 0.119. The summed E-state index contributed by atoms with van der Waals surface area (Å²) >= 11 is 3.94. The van der Waals surface area contributed by atoms with Crippen LogP contribution in [0.3, 0.4) is 0 Å². The molecule has 2 rings (SSSR count). The fraction of sp³-hybridized carbons (Fsp3) is 0.519. The Bertz CT molecular complexity index is 865. The molecule has 2 aromatic carbocycles. The fourth-order valence-corrected chi connectivity index (χ4v) is 5.50. The lowest BCUT2D eigenvalue weighted by Gasteiger charge is -2.30. The van der Waals surface area contributed by atoms with Gasteiger partial charge in [-0.2, -0.15) is 0 Å². The molecule has 0 aliphatic rings. The lowest BCUT2D eigenvalue weighted by Crippen LogP contribution is -2.19. The summed E-state index contributed by atoms with van der Waals surface area (Å²) in [4.78, 5) is 4.99. The van der Waals surface area contributed by atoms with E-state index in [0.29, 0.717) is 0 Å². The van der Waals surface area contributed by atoms with Crippen molar-refractivity contribution in [2.75, 3.05) is 0 Å². The average molecular weight is 457 g/mol. The van der Waals surface area contributed by atoms with E-state index in [2.05, 4.69) is 99.0 Å². The highest BCUT2D eigenvalue weighted by molar-refractivity contribution is 9.18. The molecular formula is C27H38BrN. The highest BCUT2D eigenvalue weighted by atomic mass is 79.9. The van der Waals surface area contributed by atoms with Crippen LogP contribution in [0.15, 0.2) is 4.99 Å². The molecule has 0 atom stereocenters. The third-order valence-electron chi connectivity index (χ3n) is 7.31. The molecule has 0 spiro atoms. The Balaban J connectivity index is 3.06. The third kappa shape index (κ3) is 4.10. The van der Waals surface area contributed by atoms with E-state index < -0.39 is 0 Å². The molecule has 1 nitrogen and oxygen atoms in total. The molecule has 0 aliphatic heterocycles. The molecule has 0 aliphatic carbocycles. The normalized spacial score (nSPS) is 12.4. The van der Waals surface area contributed by atoms with Gasteiger partial charge in [-0.3, -0.25) is 4.99 Å². The number of aliphatic imine (C=N–C) groups is 1. The Kier molecular flexibility index (Phi) is 7.21. The molecule has 29 heavy (non-hydrogen) atoms. The maximum atomic E-state index is 4.99. The molecule has 0 N–H and O–H groups in total. The van der Waals surface area contributed by atoms with Gasteiger partial charge < -0.3 is 0 Å². The van der Waals surface area contributed by atoms with Crippen molar-refractivity contribution in [3.63, 3.8) is 0 Å². The Morgan fingerprint density at radius 3 is 1.00 bits per heavy atom.